The Bertz CT molecular complexity index is 669. The average Bonchev–Trinajstić information content (AvgIpc) is 2.61. The van der Waals surface area contributed by atoms with Crippen molar-refractivity contribution in [2.75, 3.05) is 13.2 Å². The molecule has 0 heterocycles. The molecule has 25 heavy (non-hydrogen) atoms. The van der Waals surface area contributed by atoms with Gasteiger partial charge in [0.15, 0.2) is 6.61 Å². The molecule has 0 fully saturated rings. The first-order valence-electron chi connectivity index (χ1n) is 8.09. The van der Waals surface area contributed by atoms with E-state index < -0.39 is 12.1 Å². The predicted molar refractivity (Wildman–Crippen MR) is 93.8 cm³/mol. The Morgan fingerprint density at radius 2 is 1.76 bits per heavy atom. The Kier molecular flexibility index (Phi) is 6.80. The predicted octanol–water partition coefficient (Wildman–Crippen LogP) is 2.11. The van der Waals surface area contributed by atoms with E-state index in [1.807, 2.05) is 19.1 Å². The number of aliphatic hydroxyl groups is 1. The first-order valence-corrected chi connectivity index (χ1v) is 8.09. The molecule has 0 aliphatic heterocycles. The Morgan fingerprint density at radius 1 is 1.12 bits per heavy atom. The first-order chi connectivity index (χ1) is 12.0. The van der Waals surface area contributed by atoms with Gasteiger partial charge in [-0.1, -0.05) is 24.3 Å². The van der Waals surface area contributed by atoms with Crippen LogP contribution in [0.15, 0.2) is 48.5 Å². The van der Waals surface area contributed by atoms with Crippen LogP contribution >= 0.6 is 0 Å². The normalized spacial score (nSPS) is 13.2. The summed E-state index contributed by atoms with van der Waals surface area (Å²) in [7, 11) is 0. The van der Waals surface area contributed by atoms with Crippen LogP contribution in [0.3, 0.4) is 0 Å². The number of phenols is 1. The van der Waals surface area contributed by atoms with Crippen LogP contribution in [-0.2, 0) is 11.2 Å². The molecular formula is C19H23NO5. The van der Waals surface area contributed by atoms with E-state index in [4.69, 9.17) is 9.84 Å². The average molecular weight is 345 g/mol. The fourth-order valence-electron chi connectivity index (χ4n) is 2.41. The van der Waals surface area contributed by atoms with Gasteiger partial charge in [-0.05, 0) is 55.3 Å². The number of phenolic OH excluding ortho intramolecular Hbond substituents is 1. The molecule has 134 valence electrons. The summed E-state index contributed by atoms with van der Waals surface area (Å²) >= 11 is 0. The molecule has 0 radical (unpaired) electrons. The second-order valence-corrected chi connectivity index (χ2v) is 5.86. The molecule has 0 aromatic heterocycles. The van der Waals surface area contributed by atoms with Crippen LogP contribution in [0.4, 0.5) is 0 Å². The third-order valence-corrected chi connectivity index (χ3v) is 3.87. The highest BCUT2D eigenvalue weighted by Crippen LogP contribution is 2.19. The molecule has 0 amide bonds. The minimum atomic E-state index is -1.01. The van der Waals surface area contributed by atoms with Gasteiger partial charge in [-0.3, -0.25) is 0 Å². The van der Waals surface area contributed by atoms with Gasteiger partial charge in [-0.15, -0.1) is 0 Å². The number of nitrogens with one attached hydrogen (secondary N) is 1. The molecule has 2 aromatic rings. The van der Waals surface area contributed by atoms with Gasteiger partial charge in [0.1, 0.15) is 11.5 Å². The zero-order valence-electron chi connectivity index (χ0n) is 14.1. The lowest BCUT2D eigenvalue weighted by Crippen LogP contribution is -2.33. The van der Waals surface area contributed by atoms with Gasteiger partial charge in [0.2, 0.25) is 0 Å². The maximum Gasteiger partial charge on any atom is 0.341 e. The van der Waals surface area contributed by atoms with Crippen molar-refractivity contribution in [1.82, 2.24) is 5.32 Å². The second kappa shape index (κ2) is 9.05. The number of carboxylic acid groups (broad SMARTS) is 1. The van der Waals surface area contributed by atoms with Gasteiger partial charge in [0.05, 0.1) is 6.10 Å². The summed E-state index contributed by atoms with van der Waals surface area (Å²) in [6.07, 6.45) is 0.110. The van der Waals surface area contributed by atoms with Crippen LogP contribution in [0.5, 0.6) is 11.5 Å². The number of aromatic hydroxyl groups is 1. The Balaban J connectivity index is 1.77. The first kappa shape index (κ1) is 18.8. The van der Waals surface area contributed by atoms with Crippen LogP contribution in [-0.4, -0.2) is 40.5 Å². The summed E-state index contributed by atoms with van der Waals surface area (Å²) in [5.41, 5.74) is 1.83. The van der Waals surface area contributed by atoms with Crippen LogP contribution in [0, 0.1) is 0 Å². The van der Waals surface area contributed by atoms with Crippen molar-refractivity contribution < 1.29 is 24.9 Å². The number of aliphatic hydroxyl groups excluding tert-OH is 1. The Morgan fingerprint density at radius 3 is 2.36 bits per heavy atom. The third kappa shape index (κ3) is 6.10. The molecular weight excluding hydrogens is 322 g/mol. The lowest BCUT2D eigenvalue weighted by atomic mass is 10.0. The van der Waals surface area contributed by atoms with Crippen LogP contribution in [0.1, 0.15) is 24.2 Å². The van der Waals surface area contributed by atoms with E-state index in [1.54, 1.807) is 36.4 Å². The highest BCUT2D eigenvalue weighted by Gasteiger charge is 2.15. The van der Waals surface area contributed by atoms with E-state index in [9.17, 15) is 15.0 Å². The molecule has 2 rings (SSSR count). The van der Waals surface area contributed by atoms with Crippen LogP contribution in [0.25, 0.3) is 0 Å². The smallest absolute Gasteiger partial charge is 0.341 e. The van der Waals surface area contributed by atoms with E-state index in [0.717, 1.165) is 17.5 Å². The van der Waals surface area contributed by atoms with Crippen LogP contribution in [0.2, 0.25) is 0 Å². The quantitative estimate of drug-likeness (QED) is 0.556. The van der Waals surface area contributed by atoms with Gasteiger partial charge >= 0.3 is 5.97 Å². The lowest BCUT2D eigenvalue weighted by molar-refractivity contribution is -0.139. The largest absolute Gasteiger partial charge is 0.508 e. The maximum absolute atomic E-state index is 10.5. The minimum absolute atomic E-state index is 0.136. The van der Waals surface area contributed by atoms with Gasteiger partial charge in [0, 0.05) is 6.04 Å². The standard InChI is InChI=1S/C19H23NO5/c1-13(19(24)15-4-6-16(21)7-5-15)20-11-10-14-2-8-17(9-3-14)25-12-18(22)23/h2-9,13,19-21,24H,10-12H2,1H3,(H,22,23). The molecule has 0 saturated heterocycles. The SMILES string of the molecule is CC(NCCc1ccc(OCC(=O)O)cc1)C(O)c1ccc(O)cc1. The van der Waals surface area contributed by atoms with Gasteiger partial charge in [-0.25, -0.2) is 4.79 Å². The van der Waals surface area contributed by atoms with E-state index in [0.29, 0.717) is 12.3 Å². The molecule has 2 unspecified atom stereocenters. The Labute approximate surface area is 146 Å². The highest BCUT2D eigenvalue weighted by molar-refractivity contribution is 5.68. The van der Waals surface area contributed by atoms with Crippen molar-refractivity contribution in [3.05, 3.63) is 59.7 Å². The number of rotatable bonds is 9. The summed E-state index contributed by atoms with van der Waals surface area (Å²) in [5, 5.41) is 31.4. The molecule has 0 aliphatic rings. The zero-order valence-corrected chi connectivity index (χ0v) is 14.1. The van der Waals surface area contributed by atoms with Crippen molar-refractivity contribution >= 4 is 5.97 Å². The summed E-state index contributed by atoms with van der Waals surface area (Å²) in [5.74, 6) is -0.308. The van der Waals surface area contributed by atoms with Crippen molar-refractivity contribution in [2.24, 2.45) is 0 Å². The number of carbonyl (C=O) groups is 1. The van der Waals surface area contributed by atoms with E-state index in [1.165, 1.54) is 0 Å². The van der Waals surface area contributed by atoms with E-state index in [-0.39, 0.29) is 18.4 Å². The molecule has 0 aliphatic carbocycles. The van der Waals surface area contributed by atoms with Crippen molar-refractivity contribution in [2.45, 2.75) is 25.5 Å². The van der Waals surface area contributed by atoms with E-state index in [2.05, 4.69) is 5.32 Å². The second-order valence-electron chi connectivity index (χ2n) is 5.86. The van der Waals surface area contributed by atoms with Gasteiger partial charge in [-0.2, -0.15) is 0 Å². The summed E-state index contributed by atoms with van der Waals surface area (Å²) in [6.45, 7) is 2.24. The number of hydrogen-bond acceptors (Lipinski definition) is 5. The Hall–Kier alpha value is -2.57. The number of carboxylic acids is 1. The number of ether oxygens (including phenoxy) is 1. The monoisotopic (exact) mass is 345 g/mol. The zero-order chi connectivity index (χ0) is 18.2. The van der Waals surface area contributed by atoms with E-state index >= 15 is 0 Å². The lowest BCUT2D eigenvalue weighted by Gasteiger charge is -2.20. The van der Waals surface area contributed by atoms with Crippen LogP contribution < -0.4 is 10.1 Å². The molecule has 0 bridgehead atoms. The molecule has 6 nitrogen and oxygen atoms in total. The fourth-order valence-corrected chi connectivity index (χ4v) is 2.41. The molecule has 0 saturated carbocycles. The molecule has 2 aromatic carbocycles. The molecule has 2 atom stereocenters. The molecule has 6 heteroatoms. The maximum atomic E-state index is 10.5. The van der Waals surface area contributed by atoms with Crippen molar-refractivity contribution in [1.29, 1.82) is 0 Å². The van der Waals surface area contributed by atoms with Crippen molar-refractivity contribution in [3.8, 4) is 11.5 Å². The van der Waals surface area contributed by atoms with Gasteiger partial charge in [0.25, 0.3) is 0 Å². The number of aliphatic carboxylic acids is 1. The van der Waals surface area contributed by atoms with Crippen molar-refractivity contribution in [3.63, 3.8) is 0 Å². The summed E-state index contributed by atoms with van der Waals surface area (Å²) in [6, 6.07) is 13.6. The molecule has 0 spiro atoms. The fraction of sp³-hybridized carbons (Fsp3) is 0.316. The summed E-state index contributed by atoms with van der Waals surface area (Å²) < 4.78 is 5.09. The molecule has 4 N–H and O–H groups in total. The summed E-state index contributed by atoms with van der Waals surface area (Å²) in [4.78, 5) is 10.5. The number of hydrogen-bond donors (Lipinski definition) is 4. The van der Waals surface area contributed by atoms with Gasteiger partial charge < -0.3 is 25.4 Å². The third-order valence-electron chi connectivity index (χ3n) is 3.87. The topological polar surface area (TPSA) is 99.0 Å². The highest BCUT2D eigenvalue weighted by atomic mass is 16.5. The minimum Gasteiger partial charge on any atom is -0.508 e. The number of benzene rings is 2.